The minimum Gasteiger partial charge on any atom is -0.466 e. The van der Waals surface area contributed by atoms with Crippen molar-refractivity contribution < 1.29 is 9.53 Å². The van der Waals surface area contributed by atoms with Crippen LogP contribution < -0.4 is 0 Å². The van der Waals surface area contributed by atoms with Crippen molar-refractivity contribution >= 4 is 5.97 Å². The molecule has 0 aromatic carbocycles. The first kappa shape index (κ1) is 13.5. The van der Waals surface area contributed by atoms with E-state index in [0.717, 1.165) is 12.8 Å². The molecule has 0 aromatic heterocycles. The lowest BCUT2D eigenvalue weighted by molar-refractivity contribution is -0.155. The third-order valence-corrected chi connectivity index (χ3v) is 2.71. The molecule has 2 nitrogen and oxygen atoms in total. The van der Waals surface area contributed by atoms with Gasteiger partial charge in [-0.15, -0.1) is 0 Å². The fourth-order valence-electron chi connectivity index (χ4n) is 1.72. The summed E-state index contributed by atoms with van der Waals surface area (Å²) in [6, 6.07) is 0. The summed E-state index contributed by atoms with van der Waals surface area (Å²) in [6.45, 7) is 12.8. The van der Waals surface area contributed by atoms with Gasteiger partial charge in [0.1, 0.15) is 0 Å². The second-order valence-electron chi connectivity index (χ2n) is 5.30. The van der Waals surface area contributed by atoms with Gasteiger partial charge in [-0.3, -0.25) is 4.79 Å². The van der Waals surface area contributed by atoms with Crippen LogP contribution in [0, 0.1) is 10.8 Å². The van der Waals surface area contributed by atoms with Gasteiger partial charge in [-0.2, -0.15) is 0 Å². The Morgan fingerprint density at radius 2 is 1.64 bits per heavy atom. The molecule has 0 saturated carbocycles. The smallest absolute Gasteiger partial charge is 0.311 e. The highest BCUT2D eigenvalue weighted by molar-refractivity contribution is 5.75. The Kier molecular flexibility index (Phi) is 4.63. The van der Waals surface area contributed by atoms with Crippen LogP contribution in [0.5, 0.6) is 0 Å². The van der Waals surface area contributed by atoms with E-state index in [0.29, 0.717) is 6.61 Å². The van der Waals surface area contributed by atoms with E-state index in [4.69, 9.17) is 4.74 Å². The Hall–Kier alpha value is -0.530. The second-order valence-corrected chi connectivity index (χ2v) is 5.30. The van der Waals surface area contributed by atoms with Crippen molar-refractivity contribution in [3.63, 3.8) is 0 Å². The molecule has 0 heterocycles. The monoisotopic (exact) mass is 200 g/mol. The Morgan fingerprint density at radius 1 is 1.14 bits per heavy atom. The zero-order chi connectivity index (χ0) is 11.4. The van der Waals surface area contributed by atoms with Crippen LogP contribution in [0.4, 0.5) is 0 Å². The maximum atomic E-state index is 11.6. The molecular weight excluding hydrogens is 176 g/mol. The van der Waals surface area contributed by atoms with E-state index < -0.39 is 0 Å². The topological polar surface area (TPSA) is 26.3 Å². The standard InChI is InChI=1S/C12H24O2/c1-7-11(3,4)9-12(5,6)10(13)14-8-2/h7-9H2,1-6H3. The second kappa shape index (κ2) is 4.81. The van der Waals surface area contributed by atoms with Gasteiger partial charge < -0.3 is 4.74 Å². The summed E-state index contributed by atoms with van der Waals surface area (Å²) in [5.41, 5.74) is -0.161. The molecule has 84 valence electrons. The van der Waals surface area contributed by atoms with Gasteiger partial charge in [0.15, 0.2) is 0 Å². The Balaban J connectivity index is 4.40. The minimum absolute atomic E-state index is 0.0819. The zero-order valence-electron chi connectivity index (χ0n) is 10.4. The van der Waals surface area contributed by atoms with Gasteiger partial charge in [0.2, 0.25) is 0 Å². The molecule has 0 radical (unpaired) electrons. The first-order chi connectivity index (χ1) is 6.25. The van der Waals surface area contributed by atoms with Crippen molar-refractivity contribution in [1.82, 2.24) is 0 Å². The van der Waals surface area contributed by atoms with Crippen LogP contribution in [0.2, 0.25) is 0 Å². The average Bonchev–Trinajstić information content (AvgIpc) is 2.03. The number of carbonyl (C=O) groups excluding carboxylic acids is 1. The Bertz CT molecular complexity index is 192. The third kappa shape index (κ3) is 4.12. The summed E-state index contributed by atoms with van der Waals surface area (Å²) >= 11 is 0. The number of carbonyl (C=O) groups is 1. The highest BCUT2D eigenvalue weighted by Gasteiger charge is 2.34. The Morgan fingerprint density at radius 3 is 2.00 bits per heavy atom. The number of rotatable bonds is 5. The van der Waals surface area contributed by atoms with Gasteiger partial charge in [0.05, 0.1) is 12.0 Å². The summed E-state index contributed by atoms with van der Waals surface area (Å²) in [5, 5.41) is 0. The van der Waals surface area contributed by atoms with E-state index in [2.05, 4.69) is 20.8 Å². The van der Waals surface area contributed by atoms with E-state index in [9.17, 15) is 4.79 Å². The number of esters is 1. The van der Waals surface area contributed by atoms with Crippen molar-refractivity contribution in [1.29, 1.82) is 0 Å². The molecule has 0 aliphatic rings. The quantitative estimate of drug-likeness (QED) is 0.636. The van der Waals surface area contributed by atoms with Crippen LogP contribution in [0.25, 0.3) is 0 Å². The van der Waals surface area contributed by atoms with Crippen molar-refractivity contribution in [2.45, 2.75) is 54.4 Å². The summed E-state index contributed by atoms with van der Waals surface area (Å²) < 4.78 is 5.06. The van der Waals surface area contributed by atoms with Crippen LogP contribution in [-0.4, -0.2) is 12.6 Å². The molecule has 2 heteroatoms. The fraction of sp³-hybridized carbons (Fsp3) is 0.917. The van der Waals surface area contributed by atoms with Gasteiger partial charge in [0, 0.05) is 0 Å². The minimum atomic E-state index is -0.366. The van der Waals surface area contributed by atoms with Gasteiger partial charge in [0.25, 0.3) is 0 Å². The van der Waals surface area contributed by atoms with Crippen molar-refractivity contribution in [2.24, 2.45) is 10.8 Å². The van der Waals surface area contributed by atoms with Crippen LogP contribution in [0.1, 0.15) is 54.4 Å². The lowest BCUT2D eigenvalue weighted by Crippen LogP contribution is -2.32. The van der Waals surface area contributed by atoms with E-state index in [-0.39, 0.29) is 16.8 Å². The van der Waals surface area contributed by atoms with E-state index in [1.54, 1.807) is 0 Å². The van der Waals surface area contributed by atoms with Gasteiger partial charge in [-0.05, 0) is 32.6 Å². The van der Waals surface area contributed by atoms with Crippen LogP contribution in [0.3, 0.4) is 0 Å². The normalized spacial score (nSPS) is 12.7. The predicted molar refractivity (Wildman–Crippen MR) is 59.1 cm³/mol. The number of hydrogen-bond acceptors (Lipinski definition) is 2. The number of ether oxygens (including phenoxy) is 1. The SMILES string of the molecule is CCOC(=O)C(C)(C)CC(C)(C)CC. The molecule has 0 N–H and O–H groups in total. The van der Waals surface area contributed by atoms with Crippen LogP contribution in [-0.2, 0) is 9.53 Å². The average molecular weight is 200 g/mol. The molecule has 0 bridgehead atoms. The summed E-state index contributed by atoms with van der Waals surface area (Å²) in [4.78, 5) is 11.6. The zero-order valence-corrected chi connectivity index (χ0v) is 10.4. The molecule has 0 unspecified atom stereocenters. The maximum Gasteiger partial charge on any atom is 0.311 e. The van der Waals surface area contributed by atoms with Crippen LogP contribution in [0.15, 0.2) is 0 Å². The highest BCUT2D eigenvalue weighted by Crippen LogP contribution is 2.36. The van der Waals surface area contributed by atoms with Gasteiger partial charge in [-0.25, -0.2) is 0 Å². The van der Waals surface area contributed by atoms with Crippen molar-refractivity contribution in [3.8, 4) is 0 Å². The molecule has 0 aliphatic carbocycles. The van der Waals surface area contributed by atoms with Crippen LogP contribution >= 0.6 is 0 Å². The highest BCUT2D eigenvalue weighted by atomic mass is 16.5. The Labute approximate surface area is 88.0 Å². The van der Waals surface area contributed by atoms with Gasteiger partial charge >= 0.3 is 5.97 Å². The molecule has 14 heavy (non-hydrogen) atoms. The molecule has 0 spiro atoms. The maximum absolute atomic E-state index is 11.6. The van der Waals surface area contributed by atoms with Gasteiger partial charge in [-0.1, -0.05) is 27.2 Å². The predicted octanol–water partition coefficient (Wildman–Crippen LogP) is 3.40. The van der Waals surface area contributed by atoms with Crippen molar-refractivity contribution in [2.75, 3.05) is 6.61 Å². The summed E-state index contributed by atoms with van der Waals surface area (Å²) in [6.07, 6.45) is 1.95. The summed E-state index contributed by atoms with van der Waals surface area (Å²) in [7, 11) is 0. The molecule has 0 saturated heterocycles. The molecule has 0 fully saturated rings. The molecular formula is C12H24O2. The molecule has 0 atom stereocenters. The third-order valence-electron chi connectivity index (χ3n) is 2.71. The summed E-state index contributed by atoms with van der Waals surface area (Å²) in [5.74, 6) is -0.0819. The van der Waals surface area contributed by atoms with E-state index >= 15 is 0 Å². The van der Waals surface area contributed by atoms with Crippen molar-refractivity contribution in [3.05, 3.63) is 0 Å². The fourth-order valence-corrected chi connectivity index (χ4v) is 1.72. The first-order valence-electron chi connectivity index (χ1n) is 5.42. The molecule has 0 rings (SSSR count). The molecule has 0 aliphatic heterocycles. The first-order valence-corrected chi connectivity index (χ1v) is 5.42. The lowest BCUT2D eigenvalue weighted by Gasteiger charge is -2.32. The lowest BCUT2D eigenvalue weighted by atomic mass is 9.74. The largest absolute Gasteiger partial charge is 0.466 e. The van der Waals surface area contributed by atoms with E-state index in [1.807, 2.05) is 20.8 Å². The number of hydrogen-bond donors (Lipinski definition) is 0. The van der Waals surface area contributed by atoms with E-state index in [1.165, 1.54) is 0 Å². The molecule has 0 amide bonds. The molecule has 0 aromatic rings.